The third-order valence-corrected chi connectivity index (χ3v) is 3.44. The van der Waals surface area contributed by atoms with E-state index in [4.69, 9.17) is 0 Å². The Morgan fingerprint density at radius 2 is 2.25 bits per heavy atom. The minimum Gasteiger partial charge on any atom is -0.385 e. The number of nitro benzene ring substituents is 1. The summed E-state index contributed by atoms with van der Waals surface area (Å²) < 4.78 is 0. The van der Waals surface area contributed by atoms with E-state index in [0.29, 0.717) is 25.4 Å². The minimum atomic E-state index is -0.409. The SMILES string of the molecule is CCNc1ccc([N+](=O)[O-])cc1CN1CC(C)CC1=O. The number of hydrogen-bond acceptors (Lipinski definition) is 4. The van der Waals surface area contributed by atoms with Gasteiger partial charge in [0, 0.05) is 49.4 Å². The summed E-state index contributed by atoms with van der Waals surface area (Å²) in [6.45, 7) is 5.88. The van der Waals surface area contributed by atoms with Gasteiger partial charge in [0.05, 0.1) is 4.92 Å². The Balaban J connectivity index is 2.25. The van der Waals surface area contributed by atoms with E-state index in [-0.39, 0.29) is 11.6 Å². The summed E-state index contributed by atoms with van der Waals surface area (Å²) in [5.74, 6) is 0.468. The molecule has 0 bridgehead atoms. The van der Waals surface area contributed by atoms with Crippen LogP contribution in [0.3, 0.4) is 0 Å². The largest absolute Gasteiger partial charge is 0.385 e. The van der Waals surface area contributed by atoms with Gasteiger partial charge in [-0.25, -0.2) is 0 Å². The van der Waals surface area contributed by atoms with Gasteiger partial charge in [-0.3, -0.25) is 14.9 Å². The first kappa shape index (κ1) is 14.3. The lowest BCUT2D eigenvalue weighted by molar-refractivity contribution is -0.384. The van der Waals surface area contributed by atoms with Gasteiger partial charge in [0.15, 0.2) is 0 Å². The number of rotatable bonds is 5. The predicted molar refractivity (Wildman–Crippen MR) is 76.5 cm³/mol. The Morgan fingerprint density at radius 1 is 1.50 bits per heavy atom. The van der Waals surface area contributed by atoms with Crippen LogP contribution < -0.4 is 5.32 Å². The van der Waals surface area contributed by atoms with Crippen LogP contribution in [0.1, 0.15) is 25.8 Å². The molecule has 1 N–H and O–H groups in total. The van der Waals surface area contributed by atoms with Crippen LogP contribution in [0.2, 0.25) is 0 Å². The van der Waals surface area contributed by atoms with Crippen molar-refractivity contribution in [3.05, 3.63) is 33.9 Å². The lowest BCUT2D eigenvalue weighted by Gasteiger charge is -2.18. The number of hydrogen-bond donors (Lipinski definition) is 1. The molecule has 1 aromatic carbocycles. The summed E-state index contributed by atoms with van der Waals surface area (Å²) >= 11 is 0. The van der Waals surface area contributed by atoms with Crippen molar-refractivity contribution in [2.24, 2.45) is 5.92 Å². The number of benzene rings is 1. The van der Waals surface area contributed by atoms with E-state index in [1.54, 1.807) is 17.0 Å². The maximum atomic E-state index is 11.8. The molecule has 1 fully saturated rings. The molecule has 2 rings (SSSR count). The van der Waals surface area contributed by atoms with E-state index in [1.165, 1.54) is 6.07 Å². The second kappa shape index (κ2) is 5.90. The molecule has 0 spiro atoms. The first-order chi connectivity index (χ1) is 9.51. The predicted octanol–water partition coefficient (Wildman–Crippen LogP) is 2.40. The molecule has 108 valence electrons. The minimum absolute atomic E-state index is 0.0568. The molecule has 0 radical (unpaired) electrons. The molecule has 20 heavy (non-hydrogen) atoms. The quantitative estimate of drug-likeness (QED) is 0.662. The number of anilines is 1. The smallest absolute Gasteiger partial charge is 0.269 e. The zero-order valence-corrected chi connectivity index (χ0v) is 11.8. The number of carbonyl (C=O) groups excluding carboxylic acids is 1. The van der Waals surface area contributed by atoms with Gasteiger partial charge in [-0.05, 0) is 18.9 Å². The van der Waals surface area contributed by atoms with Gasteiger partial charge in [0.25, 0.3) is 5.69 Å². The Bertz CT molecular complexity index is 530. The molecule has 1 aliphatic heterocycles. The topological polar surface area (TPSA) is 75.5 Å². The monoisotopic (exact) mass is 277 g/mol. The fourth-order valence-electron chi connectivity index (χ4n) is 2.52. The van der Waals surface area contributed by atoms with Crippen molar-refractivity contribution in [1.82, 2.24) is 4.90 Å². The van der Waals surface area contributed by atoms with Crippen molar-refractivity contribution in [3.63, 3.8) is 0 Å². The second-order valence-corrected chi connectivity index (χ2v) is 5.21. The van der Waals surface area contributed by atoms with E-state index < -0.39 is 4.92 Å². The molecule has 0 saturated carbocycles. The molecule has 1 heterocycles. The Kier molecular flexibility index (Phi) is 4.22. The summed E-state index contributed by atoms with van der Waals surface area (Å²) in [5, 5.41) is 14.1. The highest BCUT2D eigenvalue weighted by atomic mass is 16.6. The van der Waals surface area contributed by atoms with Gasteiger partial charge in [-0.2, -0.15) is 0 Å². The van der Waals surface area contributed by atoms with Crippen LogP contribution in [-0.2, 0) is 11.3 Å². The standard InChI is InChI=1S/C14H19N3O3/c1-3-15-13-5-4-12(17(19)20)7-11(13)9-16-8-10(2)6-14(16)18/h4-5,7,10,15H,3,6,8-9H2,1-2H3. The lowest BCUT2D eigenvalue weighted by atomic mass is 10.1. The first-order valence-corrected chi connectivity index (χ1v) is 6.80. The summed E-state index contributed by atoms with van der Waals surface area (Å²) in [6, 6.07) is 4.74. The van der Waals surface area contributed by atoms with E-state index in [0.717, 1.165) is 17.8 Å². The molecule has 0 aliphatic carbocycles. The zero-order valence-electron chi connectivity index (χ0n) is 11.8. The highest BCUT2D eigenvalue weighted by Crippen LogP contribution is 2.26. The summed E-state index contributed by atoms with van der Waals surface area (Å²) in [4.78, 5) is 24.1. The third kappa shape index (κ3) is 3.07. The first-order valence-electron chi connectivity index (χ1n) is 6.80. The third-order valence-electron chi connectivity index (χ3n) is 3.44. The number of amides is 1. The zero-order chi connectivity index (χ0) is 14.7. The normalized spacial score (nSPS) is 18.4. The molecule has 0 aromatic heterocycles. The van der Waals surface area contributed by atoms with Crippen LogP contribution in [0.15, 0.2) is 18.2 Å². The average Bonchev–Trinajstić information content (AvgIpc) is 2.70. The van der Waals surface area contributed by atoms with Crippen molar-refractivity contribution in [2.75, 3.05) is 18.4 Å². The van der Waals surface area contributed by atoms with E-state index in [2.05, 4.69) is 5.32 Å². The van der Waals surface area contributed by atoms with Crippen LogP contribution in [-0.4, -0.2) is 28.8 Å². The van der Waals surface area contributed by atoms with E-state index in [9.17, 15) is 14.9 Å². The number of likely N-dealkylation sites (tertiary alicyclic amines) is 1. The molecule has 6 nitrogen and oxygen atoms in total. The maximum absolute atomic E-state index is 11.8. The molecule has 1 unspecified atom stereocenters. The molecule has 6 heteroatoms. The van der Waals surface area contributed by atoms with Crippen molar-refractivity contribution >= 4 is 17.3 Å². The summed E-state index contributed by atoms with van der Waals surface area (Å²) in [5.41, 5.74) is 1.70. The summed E-state index contributed by atoms with van der Waals surface area (Å²) in [6.07, 6.45) is 0.561. The fourth-order valence-corrected chi connectivity index (χ4v) is 2.52. The van der Waals surface area contributed by atoms with Gasteiger partial charge >= 0.3 is 0 Å². The van der Waals surface area contributed by atoms with Gasteiger partial charge in [0.2, 0.25) is 5.91 Å². The van der Waals surface area contributed by atoms with Crippen molar-refractivity contribution in [1.29, 1.82) is 0 Å². The average molecular weight is 277 g/mol. The van der Waals surface area contributed by atoms with Crippen molar-refractivity contribution < 1.29 is 9.72 Å². The van der Waals surface area contributed by atoms with Gasteiger partial charge < -0.3 is 10.2 Å². The van der Waals surface area contributed by atoms with Crippen LogP contribution in [0.5, 0.6) is 0 Å². The molecule has 1 aromatic rings. The number of nitrogens with zero attached hydrogens (tertiary/aromatic N) is 2. The Morgan fingerprint density at radius 3 is 2.80 bits per heavy atom. The fraction of sp³-hybridized carbons (Fsp3) is 0.500. The van der Waals surface area contributed by atoms with Crippen LogP contribution in [0.25, 0.3) is 0 Å². The summed E-state index contributed by atoms with van der Waals surface area (Å²) in [7, 11) is 0. The van der Waals surface area contributed by atoms with E-state index >= 15 is 0 Å². The number of nitrogens with one attached hydrogen (secondary N) is 1. The van der Waals surface area contributed by atoms with Crippen molar-refractivity contribution in [2.45, 2.75) is 26.8 Å². The highest BCUT2D eigenvalue weighted by Gasteiger charge is 2.27. The van der Waals surface area contributed by atoms with Crippen LogP contribution >= 0.6 is 0 Å². The van der Waals surface area contributed by atoms with Gasteiger partial charge in [0.1, 0.15) is 0 Å². The highest BCUT2D eigenvalue weighted by molar-refractivity contribution is 5.78. The van der Waals surface area contributed by atoms with E-state index in [1.807, 2.05) is 13.8 Å². The Hall–Kier alpha value is -2.11. The van der Waals surface area contributed by atoms with Gasteiger partial charge in [-0.15, -0.1) is 0 Å². The van der Waals surface area contributed by atoms with Gasteiger partial charge in [-0.1, -0.05) is 6.92 Å². The lowest BCUT2D eigenvalue weighted by Crippen LogP contribution is -2.25. The molecule has 1 aliphatic rings. The molecule has 1 saturated heterocycles. The van der Waals surface area contributed by atoms with Crippen LogP contribution in [0, 0.1) is 16.0 Å². The second-order valence-electron chi connectivity index (χ2n) is 5.21. The molecular formula is C14H19N3O3. The number of nitro groups is 1. The molecule has 1 amide bonds. The van der Waals surface area contributed by atoms with Crippen LogP contribution in [0.4, 0.5) is 11.4 Å². The van der Waals surface area contributed by atoms with Crippen molar-refractivity contribution in [3.8, 4) is 0 Å². The maximum Gasteiger partial charge on any atom is 0.269 e. The molecule has 1 atom stereocenters. The Labute approximate surface area is 117 Å². The molecular weight excluding hydrogens is 258 g/mol. The number of non-ortho nitro benzene ring substituents is 1. The number of carbonyl (C=O) groups is 1.